The van der Waals surface area contributed by atoms with Crippen LogP contribution in [-0.4, -0.2) is 20.7 Å². The lowest BCUT2D eigenvalue weighted by atomic mass is 10.1. The zero-order valence-electron chi connectivity index (χ0n) is 16.1. The molecule has 0 aliphatic heterocycles. The van der Waals surface area contributed by atoms with Gasteiger partial charge in [-0.15, -0.1) is 0 Å². The van der Waals surface area contributed by atoms with Crippen LogP contribution in [0.4, 0.5) is 10.2 Å². The Labute approximate surface area is 172 Å². The summed E-state index contributed by atoms with van der Waals surface area (Å²) in [5.41, 5.74) is 3.42. The number of rotatable bonds is 3. The Bertz CT molecular complexity index is 1250. The zero-order valence-corrected chi connectivity index (χ0v) is 16.9. The number of para-hydroxylation sites is 1. The minimum atomic E-state index is -0.687. The number of hydrogen-bond acceptors (Lipinski definition) is 3. The number of amides is 1. The smallest absolute Gasteiger partial charge is 0.261 e. The van der Waals surface area contributed by atoms with Gasteiger partial charge in [0, 0.05) is 11.5 Å². The highest BCUT2D eigenvalue weighted by atomic mass is 35.5. The Morgan fingerprint density at radius 1 is 1.07 bits per heavy atom. The number of halogens is 2. The summed E-state index contributed by atoms with van der Waals surface area (Å²) in [7, 11) is 0. The average molecular weight is 409 g/mol. The molecule has 7 heteroatoms. The molecule has 0 spiro atoms. The number of anilines is 1. The van der Waals surface area contributed by atoms with E-state index in [4.69, 9.17) is 16.6 Å². The summed E-state index contributed by atoms with van der Waals surface area (Å²) in [6.07, 6.45) is 0. The van der Waals surface area contributed by atoms with Crippen LogP contribution in [0.15, 0.2) is 48.5 Å². The highest BCUT2D eigenvalue weighted by Crippen LogP contribution is 2.25. The van der Waals surface area contributed by atoms with Gasteiger partial charge in [0.25, 0.3) is 5.91 Å². The number of benzene rings is 2. The van der Waals surface area contributed by atoms with Crippen LogP contribution in [-0.2, 0) is 0 Å². The number of carbonyl (C=O) groups excluding carboxylic acids is 1. The van der Waals surface area contributed by atoms with Crippen LogP contribution < -0.4 is 5.32 Å². The number of nitrogens with zero attached hydrogens (tertiary/aromatic N) is 3. The lowest BCUT2D eigenvalue weighted by molar-refractivity contribution is 0.102. The second kappa shape index (κ2) is 7.29. The van der Waals surface area contributed by atoms with Crippen molar-refractivity contribution in [2.24, 2.45) is 0 Å². The van der Waals surface area contributed by atoms with Crippen molar-refractivity contribution < 1.29 is 9.18 Å². The third-order valence-corrected chi connectivity index (χ3v) is 5.03. The molecule has 0 bridgehead atoms. The molecule has 146 valence electrons. The maximum atomic E-state index is 14.1. The highest BCUT2D eigenvalue weighted by molar-refractivity contribution is 6.34. The normalized spacial score (nSPS) is 11.1. The van der Waals surface area contributed by atoms with E-state index < -0.39 is 11.7 Å². The van der Waals surface area contributed by atoms with Gasteiger partial charge in [0.15, 0.2) is 5.82 Å². The van der Waals surface area contributed by atoms with Gasteiger partial charge in [-0.1, -0.05) is 35.9 Å². The van der Waals surface area contributed by atoms with E-state index in [0.717, 1.165) is 22.0 Å². The van der Waals surface area contributed by atoms with E-state index in [1.54, 1.807) is 17.7 Å². The lowest BCUT2D eigenvalue weighted by Crippen LogP contribution is -2.17. The molecule has 29 heavy (non-hydrogen) atoms. The summed E-state index contributed by atoms with van der Waals surface area (Å²) in [5.74, 6) is -0.394. The number of hydrogen-bond donors (Lipinski definition) is 1. The summed E-state index contributed by atoms with van der Waals surface area (Å²) in [5, 5.41) is 8.27. The Hall–Kier alpha value is -3.25. The first kappa shape index (κ1) is 19.1. The Morgan fingerprint density at radius 3 is 2.59 bits per heavy atom. The molecule has 0 unspecified atom stereocenters. The second-order valence-corrected chi connectivity index (χ2v) is 7.31. The van der Waals surface area contributed by atoms with Crippen molar-refractivity contribution in [3.63, 3.8) is 0 Å². The van der Waals surface area contributed by atoms with E-state index in [-0.39, 0.29) is 10.6 Å². The van der Waals surface area contributed by atoms with Crippen LogP contribution in [0, 0.1) is 26.6 Å². The summed E-state index contributed by atoms with van der Waals surface area (Å²) in [6.45, 7) is 5.80. The van der Waals surface area contributed by atoms with Crippen molar-refractivity contribution in [2.45, 2.75) is 20.8 Å². The number of nitrogens with one attached hydrogen (secondary N) is 1. The van der Waals surface area contributed by atoms with Gasteiger partial charge in [-0.05, 0) is 50.1 Å². The Kier molecular flexibility index (Phi) is 4.80. The molecule has 4 aromatic rings. The van der Waals surface area contributed by atoms with Gasteiger partial charge in [-0.2, -0.15) is 9.78 Å². The monoisotopic (exact) mass is 408 g/mol. The van der Waals surface area contributed by atoms with Gasteiger partial charge in [0.05, 0.1) is 21.8 Å². The fraction of sp³-hybridized carbons (Fsp3) is 0.136. The lowest BCUT2D eigenvalue weighted by Gasteiger charge is -2.12. The van der Waals surface area contributed by atoms with Crippen molar-refractivity contribution in [2.75, 3.05) is 5.32 Å². The van der Waals surface area contributed by atoms with E-state index in [9.17, 15) is 9.18 Å². The Morgan fingerprint density at radius 2 is 1.83 bits per heavy atom. The fourth-order valence-electron chi connectivity index (χ4n) is 3.31. The molecule has 5 nitrogen and oxygen atoms in total. The van der Waals surface area contributed by atoms with Crippen LogP contribution in [0.3, 0.4) is 0 Å². The summed E-state index contributed by atoms with van der Waals surface area (Å²) in [6, 6.07) is 13.7. The molecule has 0 fully saturated rings. The van der Waals surface area contributed by atoms with Crippen molar-refractivity contribution in [1.29, 1.82) is 0 Å². The molecule has 1 N–H and O–H groups in total. The molecule has 0 saturated carbocycles. The van der Waals surface area contributed by atoms with Crippen LogP contribution in [0.5, 0.6) is 0 Å². The van der Waals surface area contributed by atoms with E-state index in [1.165, 1.54) is 18.2 Å². The van der Waals surface area contributed by atoms with E-state index in [2.05, 4.69) is 10.4 Å². The molecule has 2 aromatic carbocycles. The number of fused-ring (bicyclic) bond motifs is 1. The average Bonchev–Trinajstić information content (AvgIpc) is 3.02. The molecule has 2 aromatic heterocycles. The third kappa shape index (κ3) is 3.47. The summed E-state index contributed by atoms with van der Waals surface area (Å²) in [4.78, 5) is 17.4. The molecule has 0 atom stereocenters. The largest absolute Gasteiger partial charge is 0.306 e. The molecule has 0 aliphatic carbocycles. The number of carbonyl (C=O) groups is 1. The molecular formula is C22H18ClFN4O. The van der Waals surface area contributed by atoms with Gasteiger partial charge in [-0.3, -0.25) is 4.79 Å². The zero-order chi connectivity index (χ0) is 20.7. The quantitative estimate of drug-likeness (QED) is 0.494. The molecule has 2 heterocycles. The molecule has 1 amide bonds. The van der Waals surface area contributed by atoms with Crippen LogP contribution in [0.1, 0.15) is 27.2 Å². The van der Waals surface area contributed by atoms with Gasteiger partial charge >= 0.3 is 0 Å². The van der Waals surface area contributed by atoms with Crippen molar-refractivity contribution in [1.82, 2.24) is 14.8 Å². The van der Waals surface area contributed by atoms with Gasteiger partial charge in [0.1, 0.15) is 11.6 Å². The fourth-order valence-corrected chi connectivity index (χ4v) is 3.56. The summed E-state index contributed by atoms with van der Waals surface area (Å²) >= 11 is 6.02. The molecule has 0 radical (unpaired) electrons. The first-order valence-corrected chi connectivity index (χ1v) is 9.42. The first-order chi connectivity index (χ1) is 13.8. The van der Waals surface area contributed by atoms with Crippen LogP contribution >= 0.6 is 11.6 Å². The molecule has 0 aliphatic rings. The van der Waals surface area contributed by atoms with Crippen LogP contribution in [0.25, 0.3) is 16.7 Å². The second-order valence-electron chi connectivity index (χ2n) is 6.90. The predicted octanol–water partition coefficient (Wildman–Crippen LogP) is 5.39. The number of aromatic nitrogens is 3. The van der Waals surface area contributed by atoms with E-state index in [1.807, 2.05) is 38.1 Å². The van der Waals surface area contributed by atoms with Gasteiger partial charge in [-0.25, -0.2) is 9.37 Å². The van der Waals surface area contributed by atoms with Gasteiger partial charge in [0.2, 0.25) is 0 Å². The molecule has 0 saturated heterocycles. The topological polar surface area (TPSA) is 59.8 Å². The first-order valence-electron chi connectivity index (χ1n) is 9.04. The van der Waals surface area contributed by atoms with Crippen LogP contribution in [0.2, 0.25) is 5.02 Å². The van der Waals surface area contributed by atoms with E-state index in [0.29, 0.717) is 17.3 Å². The Balaban J connectivity index is 1.79. The summed E-state index contributed by atoms with van der Waals surface area (Å²) < 4.78 is 15.7. The van der Waals surface area contributed by atoms with Crippen molar-refractivity contribution in [3.05, 3.63) is 81.8 Å². The minimum Gasteiger partial charge on any atom is -0.306 e. The van der Waals surface area contributed by atoms with E-state index >= 15 is 0 Å². The SMILES string of the molecule is Cc1cc(NC(=O)c2c(F)cccc2Cl)n(-c2cc(C)c3cccc(C)c3n2)n1. The molecular weight excluding hydrogens is 391 g/mol. The number of aryl methyl sites for hydroxylation is 3. The predicted molar refractivity (Wildman–Crippen MR) is 112 cm³/mol. The van der Waals surface area contributed by atoms with Crippen molar-refractivity contribution >= 4 is 34.2 Å². The minimum absolute atomic E-state index is 0.0422. The number of pyridine rings is 1. The maximum absolute atomic E-state index is 14.1. The van der Waals surface area contributed by atoms with Crippen molar-refractivity contribution in [3.8, 4) is 5.82 Å². The van der Waals surface area contributed by atoms with Gasteiger partial charge < -0.3 is 5.32 Å². The molecule has 4 rings (SSSR count). The third-order valence-electron chi connectivity index (χ3n) is 4.71. The maximum Gasteiger partial charge on any atom is 0.261 e. The standard InChI is InChI=1S/C22H18ClFN4O/c1-12-6-4-7-15-13(2)10-18(25-21(12)15)28-19(11-14(3)27-28)26-22(29)20-16(23)8-5-9-17(20)24/h4-11H,1-3H3,(H,26,29). The highest BCUT2D eigenvalue weighted by Gasteiger charge is 2.19.